The Morgan fingerprint density at radius 2 is 2.06 bits per heavy atom. The molecule has 32 heavy (non-hydrogen) atoms. The van der Waals surface area contributed by atoms with Gasteiger partial charge in [0.05, 0.1) is 5.69 Å². The van der Waals surface area contributed by atoms with Gasteiger partial charge in [0.1, 0.15) is 5.69 Å². The summed E-state index contributed by atoms with van der Waals surface area (Å²) in [6.07, 6.45) is 6.26. The van der Waals surface area contributed by atoms with E-state index in [1.165, 1.54) is 12.0 Å². The van der Waals surface area contributed by atoms with E-state index < -0.39 is 0 Å². The second-order valence-corrected chi connectivity index (χ2v) is 8.60. The van der Waals surface area contributed by atoms with Crippen LogP contribution in [0, 0.1) is 13.8 Å². The highest BCUT2D eigenvalue weighted by Gasteiger charge is 2.24. The van der Waals surface area contributed by atoms with E-state index >= 15 is 0 Å². The molecule has 1 atom stereocenters. The van der Waals surface area contributed by atoms with Crippen molar-refractivity contribution < 1.29 is 4.79 Å². The monoisotopic (exact) mass is 432 g/mol. The summed E-state index contributed by atoms with van der Waals surface area (Å²) in [6.45, 7) is 10.2. The van der Waals surface area contributed by atoms with E-state index in [0.717, 1.165) is 60.8 Å². The zero-order valence-corrected chi connectivity index (χ0v) is 19.4. The molecule has 1 fully saturated rings. The van der Waals surface area contributed by atoms with Crippen LogP contribution in [0.5, 0.6) is 0 Å². The molecule has 0 radical (unpaired) electrons. The summed E-state index contributed by atoms with van der Waals surface area (Å²) < 4.78 is 2.02. The number of carbonyl (C=O) groups excluding carboxylic acids is 1. The van der Waals surface area contributed by atoms with Crippen LogP contribution in [0.1, 0.15) is 58.8 Å². The third-order valence-corrected chi connectivity index (χ3v) is 6.22. The average Bonchev–Trinajstić information content (AvgIpc) is 3.17. The molecular weight excluding hydrogens is 400 g/mol. The summed E-state index contributed by atoms with van der Waals surface area (Å²) in [4.78, 5) is 23.5. The summed E-state index contributed by atoms with van der Waals surface area (Å²) in [5.41, 5.74) is 7.10. The van der Waals surface area contributed by atoms with Crippen molar-refractivity contribution in [3.05, 3.63) is 65.0 Å². The van der Waals surface area contributed by atoms with Crippen molar-refractivity contribution in [1.29, 1.82) is 0 Å². The molecule has 3 aromatic rings. The maximum atomic E-state index is 11.8. The van der Waals surface area contributed by atoms with Crippen LogP contribution in [0.4, 0.5) is 0 Å². The van der Waals surface area contributed by atoms with E-state index in [1.807, 2.05) is 17.7 Å². The first kappa shape index (κ1) is 22.1. The van der Waals surface area contributed by atoms with E-state index in [2.05, 4.69) is 52.5 Å². The van der Waals surface area contributed by atoms with Gasteiger partial charge in [-0.15, -0.1) is 0 Å². The molecular formula is C25H32N6O. The Kier molecular flexibility index (Phi) is 6.65. The molecule has 1 N–H and O–H groups in total. The zero-order valence-electron chi connectivity index (χ0n) is 19.4. The number of amides is 1. The Morgan fingerprint density at radius 1 is 1.22 bits per heavy atom. The number of piperidine rings is 1. The number of hydrogen-bond donors (Lipinski definition) is 1. The normalized spacial score (nSPS) is 16.8. The lowest BCUT2D eigenvalue weighted by atomic mass is 9.92. The highest BCUT2D eigenvalue weighted by atomic mass is 16.1. The Labute approximate surface area is 189 Å². The molecule has 0 spiro atoms. The van der Waals surface area contributed by atoms with Gasteiger partial charge in [0, 0.05) is 67.5 Å². The minimum Gasteiger partial charge on any atom is -0.354 e. The molecule has 1 amide bonds. The number of hydrogen-bond acceptors (Lipinski definition) is 5. The smallest absolute Gasteiger partial charge is 0.269 e. The lowest BCUT2D eigenvalue weighted by Gasteiger charge is -2.32. The first-order valence-electron chi connectivity index (χ1n) is 11.4. The van der Waals surface area contributed by atoms with E-state index in [9.17, 15) is 4.79 Å². The van der Waals surface area contributed by atoms with Crippen LogP contribution >= 0.6 is 0 Å². The Hall–Kier alpha value is -3.06. The number of pyridine rings is 2. The van der Waals surface area contributed by atoms with Crippen LogP contribution in [0.3, 0.4) is 0 Å². The predicted molar refractivity (Wildman–Crippen MR) is 125 cm³/mol. The molecule has 1 aliphatic rings. The molecule has 7 heteroatoms. The predicted octanol–water partition coefficient (Wildman–Crippen LogP) is 3.72. The molecule has 0 bridgehead atoms. The molecule has 4 rings (SSSR count). The third kappa shape index (κ3) is 4.88. The van der Waals surface area contributed by atoms with E-state index in [0.29, 0.717) is 11.6 Å². The molecule has 0 aromatic carbocycles. The molecule has 4 heterocycles. The molecule has 168 valence electrons. The fourth-order valence-electron chi connectivity index (χ4n) is 4.45. The number of aryl methyl sites for hydroxylation is 3. The van der Waals surface area contributed by atoms with E-state index in [1.54, 1.807) is 19.3 Å². The zero-order chi connectivity index (χ0) is 22.7. The number of carbonyl (C=O) groups is 1. The van der Waals surface area contributed by atoms with Crippen molar-refractivity contribution in [3.8, 4) is 11.1 Å². The van der Waals surface area contributed by atoms with Gasteiger partial charge in [-0.25, -0.2) is 0 Å². The second-order valence-electron chi connectivity index (χ2n) is 8.60. The quantitative estimate of drug-likeness (QED) is 0.643. The third-order valence-electron chi connectivity index (χ3n) is 6.22. The number of nitrogens with zero attached hydrogens (tertiary/aromatic N) is 5. The van der Waals surface area contributed by atoms with Crippen LogP contribution in [-0.4, -0.2) is 50.7 Å². The van der Waals surface area contributed by atoms with Crippen LogP contribution < -0.4 is 5.32 Å². The van der Waals surface area contributed by atoms with Crippen molar-refractivity contribution in [1.82, 2.24) is 30.0 Å². The number of aromatic nitrogens is 4. The summed E-state index contributed by atoms with van der Waals surface area (Å²) in [6, 6.07) is 8.00. The Balaban J connectivity index is 1.52. The molecule has 0 aliphatic carbocycles. The summed E-state index contributed by atoms with van der Waals surface area (Å²) in [5, 5.41) is 7.21. The van der Waals surface area contributed by atoms with Crippen molar-refractivity contribution in [3.63, 3.8) is 0 Å². The van der Waals surface area contributed by atoms with Gasteiger partial charge in [0.2, 0.25) is 0 Å². The van der Waals surface area contributed by atoms with Crippen LogP contribution in [0.25, 0.3) is 11.1 Å². The van der Waals surface area contributed by atoms with Gasteiger partial charge in [-0.05, 0) is 63.9 Å². The standard InChI is InChI=1S/C25H32N6O/c1-5-31-16-22(18(3)29-31)15-30-10-6-7-20(14-30)24-12-21(11-17(2)28-24)19-8-9-23(27-13-19)25(32)26-4/h8-9,11-13,16,20H,5-7,10,14-15H2,1-4H3,(H,26,32). The molecule has 7 nitrogen and oxygen atoms in total. The van der Waals surface area contributed by atoms with Gasteiger partial charge >= 0.3 is 0 Å². The summed E-state index contributed by atoms with van der Waals surface area (Å²) in [7, 11) is 1.61. The number of likely N-dealkylation sites (tertiary alicyclic amines) is 1. The van der Waals surface area contributed by atoms with Crippen molar-refractivity contribution in [2.24, 2.45) is 0 Å². The number of nitrogens with one attached hydrogen (secondary N) is 1. The van der Waals surface area contributed by atoms with Crippen LogP contribution in [-0.2, 0) is 13.1 Å². The fourth-order valence-corrected chi connectivity index (χ4v) is 4.45. The largest absolute Gasteiger partial charge is 0.354 e. The van der Waals surface area contributed by atoms with Crippen LogP contribution in [0.15, 0.2) is 36.7 Å². The maximum absolute atomic E-state index is 11.8. The fraction of sp³-hybridized carbons (Fsp3) is 0.440. The van der Waals surface area contributed by atoms with E-state index in [4.69, 9.17) is 4.98 Å². The Morgan fingerprint density at radius 3 is 2.75 bits per heavy atom. The molecule has 0 saturated carbocycles. The van der Waals surface area contributed by atoms with Gasteiger partial charge < -0.3 is 5.32 Å². The average molecular weight is 433 g/mol. The topological polar surface area (TPSA) is 75.9 Å². The van der Waals surface area contributed by atoms with Gasteiger partial charge in [-0.1, -0.05) is 6.07 Å². The van der Waals surface area contributed by atoms with Gasteiger partial charge in [0.15, 0.2) is 0 Å². The first-order valence-corrected chi connectivity index (χ1v) is 11.4. The highest BCUT2D eigenvalue weighted by molar-refractivity contribution is 5.92. The SMILES string of the molecule is CCn1cc(CN2CCCC(c3cc(-c4ccc(C(=O)NC)nc4)cc(C)n3)C2)c(C)n1. The van der Waals surface area contributed by atoms with Crippen molar-refractivity contribution >= 4 is 5.91 Å². The van der Waals surface area contributed by atoms with E-state index in [-0.39, 0.29) is 5.91 Å². The Bertz CT molecular complexity index is 1090. The number of rotatable bonds is 6. The summed E-state index contributed by atoms with van der Waals surface area (Å²) in [5.74, 6) is 0.229. The maximum Gasteiger partial charge on any atom is 0.269 e. The van der Waals surface area contributed by atoms with Crippen molar-refractivity contribution in [2.75, 3.05) is 20.1 Å². The lowest BCUT2D eigenvalue weighted by molar-refractivity contribution is 0.0958. The summed E-state index contributed by atoms with van der Waals surface area (Å²) >= 11 is 0. The molecule has 1 aliphatic heterocycles. The van der Waals surface area contributed by atoms with Gasteiger partial charge in [0.25, 0.3) is 5.91 Å². The molecule has 3 aromatic heterocycles. The van der Waals surface area contributed by atoms with Gasteiger partial charge in [-0.2, -0.15) is 5.10 Å². The second kappa shape index (κ2) is 9.61. The minimum absolute atomic E-state index is 0.176. The molecule has 1 saturated heterocycles. The highest BCUT2D eigenvalue weighted by Crippen LogP contribution is 2.30. The first-order chi connectivity index (χ1) is 15.5. The van der Waals surface area contributed by atoms with Crippen molar-refractivity contribution in [2.45, 2.75) is 52.6 Å². The minimum atomic E-state index is -0.176. The van der Waals surface area contributed by atoms with Gasteiger partial charge in [-0.3, -0.25) is 24.3 Å². The van der Waals surface area contributed by atoms with Crippen LogP contribution in [0.2, 0.25) is 0 Å². The molecule has 1 unspecified atom stereocenters. The lowest BCUT2D eigenvalue weighted by Crippen LogP contribution is -2.34.